The fraction of sp³-hybridized carbons (Fsp3) is 0.556. The van der Waals surface area contributed by atoms with Crippen molar-refractivity contribution in [3.8, 4) is 0 Å². The number of hydrogen-bond acceptors (Lipinski definition) is 5. The summed E-state index contributed by atoms with van der Waals surface area (Å²) in [7, 11) is -3.45. The number of benzene rings is 1. The zero-order chi connectivity index (χ0) is 20.2. The molecule has 2 N–H and O–H groups in total. The Kier molecular flexibility index (Phi) is 6.48. The summed E-state index contributed by atoms with van der Waals surface area (Å²) in [5.74, 6) is -0.448. The molecule has 1 fully saturated rings. The molecule has 9 heteroatoms. The summed E-state index contributed by atoms with van der Waals surface area (Å²) in [6, 6.07) is 9.25. The van der Waals surface area contributed by atoms with E-state index in [9.17, 15) is 18.0 Å². The molecular formula is C18H27N3O5S. The Labute approximate surface area is 160 Å². The number of amides is 2. The topological polar surface area (TPSA) is 105 Å². The van der Waals surface area contributed by atoms with Gasteiger partial charge in [-0.25, -0.2) is 17.9 Å². The molecule has 150 valence electrons. The Morgan fingerprint density at radius 3 is 2.37 bits per heavy atom. The predicted octanol–water partition coefficient (Wildman–Crippen LogP) is 1.05. The van der Waals surface area contributed by atoms with Crippen molar-refractivity contribution in [2.45, 2.75) is 38.3 Å². The molecule has 1 aliphatic heterocycles. The summed E-state index contributed by atoms with van der Waals surface area (Å²) in [5, 5.41) is 2.85. The first-order chi connectivity index (χ1) is 12.4. The van der Waals surface area contributed by atoms with E-state index in [1.165, 1.54) is 0 Å². The van der Waals surface area contributed by atoms with E-state index in [0.717, 1.165) is 11.8 Å². The van der Waals surface area contributed by atoms with E-state index in [1.54, 1.807) is 25.7 Å². The maximum Gasteiger partial charge on any atom is 0.407 e. The number of sulfonamides is 1. The standard InChI is InChI=1S/C18H27N3O5S/c1-18(2,3)26-17(23)20-15-12-21(16(22)10-19-27(4,24)25)11-14(15)13-8-6-5-7-9-13/h5-9,14-15,19H,10-12H2,1-4H3,(H,20,23)/t14-,15+/m0/s1. The molecule has 8 nitrogen and oxygen atoms in total. The van der Waals surface area contributed by atoms with Crippen LogP contribution in [0.5, 0.6) is 0 Å². The van der Waals surface area contributed by atoms with Gasteiger partial charge in [-0.05, 0) is 26.3 Å². The van der Waals surface area contributed by atoms with Gasteiger partial charge in [-0.15, -0.1) is 0 Å². The normalized spacial score (nSPS) is 20.4. The minimum absolute atomic E-state index is 0.110. The number of nitrogens with zero attached hydrogens (tertiary/aromatic N) is 1. The molecule has 0 unspecified atom stereocenters. The molecule has 2 rings (SSSR count). The fourth-order valence-electron chi connectivity index (χ4n) is 2.96. The average molecular weight is 397 g/mol. The maximum atomic E-state index is 12.4. The van der Waals surface area contributed by atoms with Crippen LogP contribution in [0.25, 0.3) is 0 Å². The van der Waals surface area contributed by atoms with E-state index in [1.807, 2.05) is 30.3 Å². The van der Waals surface area contributed by atoms with E-state index in [4.69, 9.17) is 4.74 Å². The molecule has 0 aliphatic carbocycles. The van der Waals surface area contributed by atoms with Gasteiger partial charge in [0.2, 0.25) is 15.9 Å². The van der Waals surface area contributed by atoms with Crippen molar-refractivity contribution in [2.24, 2.45) is 0 Å². The van der Waals surface area contributed by atoms with Gasteiger partial charge >= 0.3 is 6.09 Å². The van der Waals surface area contributed by atoms with E-state index in [0.29, 0.717) is 6.54 Å². The van der Waals surface area contributed by atoms with Gasteiger partial charge in [0.25, 0.3) is 0 Å². The fourth-order valence-corrected chi connectivity index (χ4v) is 3.34. The molecule has 27 heavy (non-hydrogen) atoms. The van der Waals surface area contributed by atoms with E-state index in [2.05, 4.69) is 10.0 Å². The van der Waals surface area contributed by atoms with Crippen LogP contribution in [0.15, 0.2) is 30.3 Å². The van der Waals surface area contributed by atoms with Crippen LogP contribution in [0.1, 0.15) is 32.3 Å². The third-order valence-corrected chi connectivity index (χ3v) is 4.76. The van der Waals surface area contributed by atoms with Crippen molar-refractivity contribution >= 4 is 22.0 Å². The van der Waals surface area contributed by atoms with Crippen LogP contribution in [0.3, 0.4) is 0 Å². The number of hydrogen-bond donors (Lipinski definition) is 2. The summed E-state index contributed by atoms with van der Waals surface area (Å²) < 4.78 is 30.0. The average Bonchev–Trinajstić information content (AvgIpc) is 2.94. The molecule has 1 aromatic rings. The number of likely N-dealkylation sites (tertiary alicyclic amines) is 1. The summed E-state index contributed by atoms with van der Waals surface area (Å²) in [6.45, 7) is 5.70. The Bertz CT molecular complexity index is 774. The third-order valence-electron chi connectivity index (χ3n) is 4.09. The van der Waals surface area contributed by atoms with E-state index < -0.39 is 21.7 Å². The van der Waals surface area contributed by atoms with E-state index in [-0.39, 0.29) is 31.0 Å². The zero-order valence-corrected chi connectivity index (χ0v) is 16.9. The van der Waals surface area contributed by atoms with Crippen LogP contribution < -0.4 is 10.0 Å². The second-order valence-electron chi connectivity index (χ2n) is 7.66. The molecule has 0 aromatic heterocycles. The van der Waals surface area contributed by atoms with Crippen molar-refractivity contribution in [2.75, 3.05) is 25.9 Å². The molecule has 1 aromatic carbocycles. The maximum absolute atomic E-state index is 12.4. The highest BCUT2D eigenvalue weighted by Gasteiger charge is 2.37. The minimum Gasteiger partial charge on any atom is -0.444 e. The van der Waals surface area contributed by atoms with Crippen LogP contribution in [0.4, 0.5) is 4.79 Å². The van der Waals surface area contributed by atoms with Crippen LogP contribution in [0.2, 0.25) is 0 Å². The van der Waals surface area contributed by atoms with Gasteiger partial charge in [-0.2, -0.15) is 0 Å². The summed E-state index contributed by atoms with van der Waals surface area (Å²) >= 11 is 0. The summed E-state index contributed by atoms with van der Waals surface area (Å²) in [4.78, 5) is 26.1. The largest absolute Gasteiger partial charge is 0.444 e. The summed E-state index contributed by atoms with van der Waals surface area (Å²) in [5.41, 5.74) is 0.366. The number of rotatable bonds is 5. The van der Waals surface area contributed by atoms with Gasteiger partial charge in [-0.3, -0.25) is 4.79 Å². The predicted molar refractivity (Wildman–Crippen MR) is 102 cm³/mol. The van der Waals surface area contributed by atoms with Crippen LogP contribution >= 0.6 is 0 Å². The number of nitrogens with one attached hydrogen (secondary N) is 2. The Balaban J connectivity index is 2.11. The van der Waals surface area contributed by atoms with Crippen molar-refractivity contribution in [1.29, 1.82) is 0 Å². The van der Waals surface area contributed by atoms with Crippen LogP contribution in [0, 0.1) is 0 Å². The number of carbonyl (C=O) groups is 2. The molecule has 0 bridgehead atoms. The molecule has 0 radical (unpaired) electrons. The number of alkyl carbamates (subject to hydrolysis) is 1. The lowest BCUT2D eigenvalue weighted by molar-refractivity contribution is -0.129. The first-order valence-corrected chi connectivity index (χ1v) is 10.6. The van der Waals surface area contributed by atoms with Gasteiger partial charge in [0, 0.05) is 19.0 Å². The SMILES string of the molecule is CC(C)(C)OC(=O)N[C@@H]1CN(C(=O)CNS(C)(=O)=O)C[C@H]1c1ccccc1. The number of carbonyl (C=O) groups excluding carboxylic acids is 2. The van der Waals surface area contributed by atoms with Gasteiger partial charge < -0.3 is 15.0 Å². The Hall–Kier alpha value is -2.13. The van der Waals surface area contributed by atoms with Crippen LogP contribution in [-0.4, -0.2) is 62.9 Å². The van der Waals surface area contributed by atoms with Crippen LogP contribution in [-0.2, 0) is 19.6 Å². The van der Waals surface area contributed by atoms with Gasteiger partial charge in [-0.1, -0.05) is 30.3 Å². The monoisotopic (exact) mass is 397 g/mol. The lowest BCUT2D eigenvalue weighted by Gasteiger charge is -2.24. The first kappa shape index (κ1) is 21.2. The molecule has 1 aliphatic rings. The highest BCUT2D eigenvalue weighted by molar-refractivity contribution is 7.88. The second kappa shape index (κ2) is 8.26. The Morgan fingerprint density at radius 1 is 1.19 bits per heavy atom. The van der Waals surface area contributed by atoms with Crippen molar-refractivity contribution in [3.05, 3.63) is 35.9 Å². The lowest BCUT2D eigenvalue weighted by atomic mass is 9.94. The van der Waals surface area contributed by atoms with Crippen molar-refractivity contribution < 1.29 is 22.7 Å². The highest BCUT2D eigenvalue weighted by Crippen LogP contribution is 2.28. The molecule has 2 amide bonds. The highest BCUT2D eigenvalue weighted by atomic mass is 32.2. The van der Waals surface area contributed by atoms with Gasteiger partial charge in [0.05, 0.1) is 18.8 Å². The van der Waals surface area contributed by atoms with E-state index >= 15 is 0 Å². The van der Waals surface area contributed by atoms with Crippen molar-refractivity contribution in [1.82, 2.24) is 14.9 Å². The molecule has 0 saturated carbocycles. The third kappa shape index (κ3) is 6.84. The summed E-state index contributed by atoms with van der Waals surface area (Å²) in [6.07, 6.45) is 0.459. The van der Waals surface area contributed by atoms with Gasteiger partial charge in [0.15, 0.2) is 0 Å². The number of ether oxygens (including phenoxy) is 1. The quantitative estimate of drug-likeness (QED) is 0.773. The molecule has 1 heterocycles. The van der Waals surface area contributed by atoms with Gasteiger partial charge in [0.1, 0.15) is 5.60 Å². The minimum atomic E-state index is -3.45. The molecule has 0 spiro atoms. The lowest BCUT2D eigenvalue weighted by Crippen LogP contribution is -2.44. The molecular weight excluding hydrogens is 370 g/mol. The zero-order valence-electron chi connectivity index (χ0n) is 16.1. The first-order valence-electron chi connectivity index (χ1n) is 8.71. The van der Waals surface area contributed by atoms with Crippen molar-refractivity contribution in [3.63, 3.8) is 0 Å². The Morgan fingerprint density at radius 2 is 1.81 bits per heavy atom. The molecule has 2 atom stereocenters. The molecule has 1 saturated heterocycles. The smallest absolute Gasteiger partial charge is 0.407 e. The second-order valence-corrected chi connectivity index (χ2v) is 9.49.